The Kier molecular flexibility index (Phi) is 8.24. The molecule has 0 radical (unpaired) electrons. The van der Waals surface area contributed by atoms with Crippen molar-refractivity contribution in [2.75, 3.05) is 20.9 Å². The molecule has 0 saturated heterocycles. The highest BCUT2D eigenvalue weighted by molar-refractivity contribution is 7.93. The predicted molar refractivity (Wildman–Crippen MR) is 149 cm³/mol. The second-order valence-electron chi connectivity index (χ2n) is 8.44. The lowest BCUT2D eigenvalue weighted by Crippen LogP contribution is -2.38. The number of halogens is 2. The third-order valence-corrected chi connectivity index (χ3v) is 9.04. The maximum absolute atomic E-state index is 13.5. The summed E-state index contributed by atoms with van der Waals surface area (Å²) in [6.45, 7) is 1.19. The fourth-order valence-corrected chi connectivity index (χ4v) is 6.33. The molecule has 0 bridgehead atoms. The summed E-state index contributed by atoms with van der Waals surface area (Å²) >= 11 is 5.92. The van der Waals surface area contributed by atoms with Crippen LogP contribution in [0.5, 0.6) is 0 Å². The summed E-state index contributed by atoms with van der Waals surface area (Å²) in [4.78, 5) is 12.9. The van der Waals surface area contributed by atoms with E-state index in [4.69, 9.17) is 11.6 Å². The fourth-order valence-electron chi connectivity index (χ4n) is 3.66. The van der Waals surface area contributed by atoms with E-state index < -0.39 is 38.3 Å². The van der Waals surface area contributed by atoms with Gasteiger partial charge < -0.3 is 5.32 Å². The molecule has 0 aliphatic carbocycles. The maximum Gasteiger partial charge on any atom is 0.264 e. The zero-order valence-electron chi connectivity index (χ0n) is 20.5. The molecule has 0 aromatic heterocycles. The number of carbonyl (C=O) groups is 1. The summed E-state index contributed by atoms with van der Waals surface area (Å²) in [6.07, 6.45) is 0. The van der Waals surface area contributed by atoms with Gasteiger partial charge in [0.2, 0.25) is 5.91 Å². The minimum Gasteiger partial charge on any atom is -0.325 e. The van der Waals surface area contributed by atoms with Gasteiger partial charge in [0, 0.05) is 16.4 Å². The summed E-state index contributed by atoms with van der Waals surface area (Å²) in [7, 11) is -8.10. The number of aryl methyl sites for hydroxylation is 1. The van der Waals surface area contributed by atoms with Crippen molar-refractivity contribution in [3.05, 3.63) is 113 Å². The molecule has 12 heteroatoms. The van der Waals surface area contributed by atoms with Crippen LogP contribution in [0.15, 0.2) is 107 Å². The zero-order valence-corrected chi connectivity index (χ0v) is 22.9. The first kappa shape index (κ1) is 28.1. The van der Waals surface area contributed by atoms with E-state index in [0.29, 0.717) is 16.3 Å². The molecule has 4 rings (SSSR count). The molecule has 4 aromatic rings. The third kappa shape index (κ3) is 6.75. The van der Waals surface area contributed by atoms with Crippen LogP contribution < -0.4 is 14.3 Å². The first-order chi connectivity index (χ1) is 18.5. The normalized spacial score (nSPS) is 11.6. The maximum atomic E-state index is 13.5. The number of hydrogen-bond acceptors (Lipinski definition) is 5. The van der Waals surface area contributed by atoms with Gasteiger partial charge in [-0.25, -0.2) is 21.2 Å². The van der Waals surface area contributed by atoms with E-state index in [9.17, 15) is 26.0 Å². The average Bonchev–Trinajstić information content (AvgIpc) is 2.89. The van der Waals surface area contributed by atoms with Gasteiger partial charge in [-0.05, 0) is 91.3 Å². The first-order valence-corrected chi connectivity index (χ1v) is 14.8. The molecule has 1 amide bonds. The lowest BCUT2D eigenvalue weighted by molar-refractivity contribution is -0.114. The Morgan fingerprint density at radius 3 is 1.97 bits per heavy atom. The quantitative estimate of drug-likeness (QED) is 0.271. The number of rotatable bonds is 9. The minimum absolute atomic E-state index is 0.0360. The second kappa shape index (κ2) is 11.4. The van der Waals surface area contributed by atoms with Crippen LogP contribution in [0.2, 0.25) is 5.02 Å². The van der Waals surface area contributed by atoms with Crippen molar-refractivity contribution >= 4 is 54.6 Å². The predicted octanol–water partition coefficient (Wildman–Crippen LogP) is 5.42. The summed E-state index contributed by atoms with van der Waals surface area (Å²) in [6, 6.07) is 22.5. The Morgan fingerprint density at radius 2 is 1.36 bits per heavy atom. The van der Waals surface area contributed by atoms with Gasteiger partial charge in [-0.1, -0.05) is 29.8 Å². The zero-order chi connectivity index (χ0) is 28.2. The lowest BCUT2D eigenvalue weighted by Gasteiger charge is -2.25. The van der Waals surface area contributed by atoms with Gasteiger partial charge in [-0.3, -0.25) is 13.8 Å². The van der Waals surface area contributed by atoms with Crippen LogP contribution in [-0.2, 0) is 24.8 Å². The molecule has 0 heterocycles. The highest BCUT2D eigenvalue weighted by atomic mass is 35.5. The Balaban J connectivity index is 1.53. The molecule has 8 nitrogen and oxygen atoms in total. The van der Waals surface area contributed by atoms with Crippen molar-refractivity contribution < 1.29 is 26.0 Å². The number of benzene rings is 4. The number of hydrogen-bond donors (Lipinski definition) is 2. The summed E-state index contributed by atoms with van der Waals surface area (Å²) < 4.78 is 68.8. The standard InChI is InChI=1S/C27H23ClFN3O5S2/c1-19-4-2-3-5-26(19)32(39(36,37)25-14-6-20(28)7-15-25)18-27(33)30-22-12-16-24(17-13-22)38(34,35)31-23-10-8-21(29)9-11-23/h2-17,31H,18H2,1H3,(H,30,33). The van der Waals surface area contributed by atoms with Crippen LogP contribution in [0.1, 0.15) is 5.56 Å². The highest BCUT2D eigenvalue weighted by Gasteiger charge is 2.28. The van der Waals surface area contributed by atoms with Gasteiger partial charge in [-0.15, -0.1) is 0 Å². The molecule has 0 fully saturated rings. The molecule has 0 atom stereocenters. The largest absolute Gasteiger partial charge is 0.325 e. The molecule has 0 spiro atoms. The topological polar surface area (TPSA) is 113 Å². The number of carbonyl (C=O) groups excluding carboxylic acids is 1. The van der Waals surface area contributed by atoms with E-state index in [1.807, 2.05) is 0 Å². The van der Waals surface area contributed by atoms with Crippen molar-refractivity contribution in [3.8, 4) is 0 Å². The molecule has 2 N–H and O–H groups in total. The highest BCUT2D eigenvalue weighted by Crippen LogP contribution is 2.27. The summed E-state index contributed by atoms with van der Waals surface area (Å²) in [5.74, 6) is -1.14. The number of anilines is 3. The summed E-state index contributed by atoms with van der Waals surface area (Å²) in [5.41, 5.74) is 1.42. The van der Waals surface area contributed by atoms with Gasteiger partial charge in [0.1, 0.15) is 12.4 Å². The Labute approximate surface area is 231 Å². The van der Waals surface area contributed by atoms with E-state index >= 15 is 0 Å². The van der Waals surface area contributed by atoms with Crippen molar-refractivity contribution in [2.45, 2.75) is 16.7 Å². The molecular weight excluding hydrogens is 565 g/mol. The van der Waals surface area contributed by atoms with Gasteiger partial charge in [0.05, 0.1) is 15.5 Å². The van der Waals surface area contributed by atoms with Crippen LogP contribution in [0, 0.1) is 12.7 Å². The molecule has 4 aromatic carbocycles. The van der Waals surface area contributed by atoms with Crippen LogP contribution in [0.4, 0.5) is 21.5 Å². The van der Waals surface area contributed by atoms with E-state index in [1.54, 1.807) is 31.2 Å². The van der Waals surface area contributed by atoms with Crippen molar-refractivity contribution in [1.29, 1.82) is 0 Å². The number of nitrogens with one attached hydrogen (secondary N) is 2. The molecule has 0 aliphatic heterocycles. The minimum atomic E-state index is -4.14. The Morgan fingerprint density at radius 1 is 0.795 bits per heavy atom. The first-order valence-electron chi connectivity index (χ1n) is 11.5. The van der Waals surface area contributed by atoms with Crippen molar-refractivity contribution in [2.24, 2.45) is 0 Å². The van der Waals surface area contributed by atoms with Gasteiger partial charge in [0.15, 0.2) is 0 Å². The van der Waals surface area contributed by atoms with Crippen LogP contribution in [-0.4, -0.2) is 29.3 Å². The van der Waals surface area contributed by atoms with Crippen LogP contribution in [0.3, 0.4) is 0 Å². The smallest absolute Gasteiger partial charge is 0.264 e. The number of sulfonamides is 2. The Bertz CT molecular complexity index is 1700. The second-order valence-corrected chi connectivity index (χ2v) is 12.4. The molecule has 202 valence electrons. The average molecular weight is 588 g/mol. The number of para-hydroxylation sites is 1. The van der Waals surface area contributed by atoms with Gasteiger partial charge in [-0.2, -0.15) is 0 Å². The molecule has 39 heavy (non-hydrogen) atoms. The number of amides is 1. The third-order valence-electron chi connectivity index (χ3n) is 5.62. The van der Waals surface area contributed by atoms with E-state index in [1.165, 1.54) is 60.7 Å². The van der Waals surface area contributed by atoms with E-state index in [2.05, 4.69) is 10.0 Å². The van der Waals surface area contributed by atoms with Crippen LogP contribution in [0.25, 0.3) is 0 Å². The van der Waals surface area contributed by atoms with Gasteiger partial charge >= 0.3 is 0 Å². The van der Waals surface area contributed by atoms with Crippen LogP contribution >= 0.6 is 11.6 Å². The SMILES string of the molecule is Cc1ccccc1N(CC(=O)Nc1ccc(S(=O)(=O)Nc2ccc(F)cc2)cc1)S(=O)(=O)c1ccc(Cl)cc1. The molecule has 0 unspecified atom stereocenters. The molecule has 0 saturated carbocycles. The van der Waals surface area contributed by atoms with Gasteiger partial charge in [0.25, 0.3) is 20.0 Å². The molecule has 0 aliphatic rings. The fraction of sp³-hybridized carbons (Fsp3) is 0.0741. The van der Waals surface area contributed by atoms with E-state index in [-0.39, 0.29) is 21.2 Å². The molecular formula is C27H23ClFN3O5S2. The summed E-state index contributed by atoms with van der Waals surface area (Å²) in [5, 5.41) is 2.97. The van der Waals surface area contributed by atoms with Crippen molar-refractivity contribution in [1.82, 2.24) is 0 Å². The lowest BCUT2D eigenvalue weighted by atomic mass is 10.2. The number of nitrogens with zero attached hydrogens (tertiary/aromatic N) is 1. The van der Waals surface area contributed by atoms with Crippen molar-refractivity contribution in [3.63, 3.8) is 0 Å². The Hall–Kier alpha value is -3.93. The monoisotopic (exact) mass is 587 g/mol. The van der Waals surface area contributed by atoms with E-state index in [0.717, 1.165) is 16.4 Å².